The molecule has 1 aromatic carbocycles. The summed E-state index contributed by atoms with van der Waals surface area (Å²) < 4.78 is 5.38. The Morgan fingerprint density at radius 1 is 1.38 bits per heavy atom. The van der Waals surface area contributed by atoms with Crippen molar-refractivity contribution < 1.29 is 56.1 Å². The standard InChI is InChI=1S/C19H19N7OP.K/c20-11-18-23-4-3-16(28-18)12-1-2-14(21)13(9-12)19(22)15-10-17(25-24-15)26-5-7-27-8-6-26;/h1-4,9-10,17,22,24H,5-8,21H2;/q-1;+1. The number of hydrogen-bond acceptors (Lipinski definition) is 7. The summed E-state index contributed by atoms with van der Waals surface area (Å²) in [6.45, 7) is 3.02. The van der Waals surface area contributed by atoms with Crippen LogP contribution in [-0.2, 0) is 4.74 Å². The van der Waals surface area contributed by atoms with Gasteiger partial charge in [-0.3, -0.25) is 5.41 Å². The molecule has 4 rings (SSSR count). The molecule has 1 saturated heterocycles. The third kappa shape index (κ3) is 5.12. The Balaban J connectivity index is 0.00000240. The van der Waals surface area contributed by atoms with Crippen molar-refractivity contribution >= 4 is 19.6 Å². The van der Waals surface area contributed by atoms with Gasteiger partial charge in [-0.05, 0) is 38.1 Å². The second kappa shape index (κ2) is 10.2. The Bertz CT molecular complexity index is 985. The maximum atomic E-state index is 9.09. The first kappa shape index (κ1) is 22.5. The molecule has 1 aromatic heterocycles. The van der Waals surface area contributed by atoms with Crippen LogP contribution in [0.3, 0.4) is 0 Å². The third-order valence-corrected chi connectivity index (χ3v) is 5.77. The SMILES string of the molecule is N#Cc1nccc(-c2ccc(N)c(C(=N)C3=CC(N4CCOCC4)[N-]N3)c2)p1.[K+]. The summed E-state index contributed by atoms with van der Waals surface area (Å²) in [5, 5.41) is 18.7. The van der Waals surface area contributed by atoms with E-state index >= 15 is 0 Å². The van der Waals surface area contributed by atoms with Crippen LogP contribution in [0.25, 0.3) is 16.3 Å². The summed E-state index contributed by atoms with van der Waals surface area (Å²) in [5.41, 5.74) is 17.0. The Labute approximate surface area is 213 Å². The van der Waals surface area contributed by atoms with E-state index in [1.165, 1.54) is 0 Å². The molecule has 1 unspecified atom stereocenters. The van der Waals surface area contributed by atoms with Gasteiger partial charge in [-0.1, -0.05) is 12.1 Å². The summed E-state index contributed by atoms with van der Waals surface area (Å²) >= 11 is 0. The van der Waals surface area contributed by atoms with Crippen LogP contribution in [0.2, 0.25) is 0 Å². The summed E-state index contributed by atoms with van der Waals surface area (Å²) in [7, 11) is 0.748. The van der Waals surface area contributed by atoms with Crippen molar-refractivity contribution in [1.29, 1.82) is 10.7 Å². The summed E-state index contributed by atoms with van der Waals surface area (Å²) in [6, 6.07) is 9.53. The number of allylic oxidation sites excluding steroid dienone is 1. The fraction of sp³-hybridized carbons (Fsp3) is 0.263. The molecule has 1 atom stereocenters. The molecule has 0 spiro atoms. The van der Waals surface area contributed by atoms with Gasteiger partial charge in [-0.25, -0.2) is 4.98 Å². The maximum Gasteiger partial charge on any atom is 1.00 e. The monoisotopic (exact) mass is 431 g/mol. The average Bonchev–Trinajstić information content (AvgIpc) is 3.24. The van der Waals surface area contributed by atoms with Crippen molar-refractivity contribution in [3.63, 3.8) is 0 Å². The molecule has 3 heterocycles. The van der Waals surface area contributed by atoms with Crippen LogP contribution in [0, 0.1) is 16.7 Å². The van der Waals surface area contributed by atoms with Crippen molar-refractivity contribution in [3.8, 4) is 16.9 Å². The van der Waals surface area contributed by atoms with Crippen molar-refractivity contribution in [2.24, 2.45) is 0 Å². The van der Waals surface area contributed by atoms with Crippen LogP contribution in [0.4, 0.5) is 5.69 Å². The topological polar surface area (TPSA) is 125 Å². The summed E-state index contributed by atoms with van der Waals surface area (Å²) in [4.78, 5) is 6.25. The molecule has 0 amide bonds. The Morgan fingerprint density at radius 2 is 2.17 bits per heavy atom. The van der Waals surface area contributed by atoms with E-state index in [0.29, 0.717) is 41.3 Å². The second-order valence-corrected chi connectivity index (χ2v) is 7.57. The molecule has 2 aliphatic heterocycles. The molecule has 2 aliphatic rings. The van der Waals surface area contributed by atoms with Gasteiger partial charge in [-0.2, -0.15) is 5.26 Å². The number of morpholine rings is 1. The van der Waals surface area contributed by atoms with E-state index in [1.54, 1.807) is 12.3 Å². The molecule has 0 aliphatic carbocycles. The molecule has 2 aromatic rings. The quantitative estimate of drug-likeness (QED) is 0.343. The molecule has 0 saturated carbocycles. The zero-order chi connectivity index (χ0) is 19.5. The number of ether oxygens (including phenoxy) is 1. The van der Waals surface area contributed by atoms with Crippen LogP contribution in [0.15, 0.2) is 42.2 Å². The minimum atomic E-state index is -0.104. The van der Waals surface area contributed by atoms with E-state index < -0.39 is 0 Å². The Hall–Kier alpha value is -1.18. The van der Waals surface area contributed by atoms with E-state index in [-0.39, 0.29) is 57.6 Å². The number of hydrogen-bond donors (Lipinski definition) is 3. The number of nitrogens with two attached hydrogens (primary N) is 1. The minimum Gasteiger partial charge on any atom is -0.552 e. The number of rotatable bonds is 4. The summed E-state index contributed by atoms with van der Waals surface area (Å²) in [5.74, 6) is 0. The fourth-order valence-corrected chi connectivity index (χ4v) is 3.99. The number of anilines is 1. The first-order chi connectivity index (χ1) is 13.7. The number of nitriles is 1. The molecular formula is C19H19KN7OP. The molecule has 142 valence electrons. The predicted octanol–water partition coefficient (Wildman–Crippen LogP) is -0.411. The first-order valence-corrected chi connectivity index (χ1v) is 9.77. The number of nitrogen functional groups attached to an aromatic ring is 1. The van der Waals surface area contributed by atoms with E-state index in [2.05, 4.69) is 26.8 Å². The molecule has 8 nitrogen and oxygen atoms in total. The predicted molar refractivity (Wildman–Crippen MR) is 109 cm³/mol. The zero-order valence-corrected chi connectivity index (χ0v) is 20.1. The smallest absolute Gasteiger partial charge is 0.552 e. The minimum absolute atomic E-state index is 0. The van der Waals surface area contributed by atoms with E-state index in [0.717, 1.165) is 32.1 Å². The summed E-state index contributed by atoms with van der Waals surface area (Å²) in [6.07, 6.45) is 3.47. The van der Waals surface area contributed by atoms with Crippen molar-refractivity contribution in [1.82, 2.24) is 15.3 Å². The molecule has 0 radical (unpaired) electrons. The molecule has 29 heavy (non-hydrogen) atoms. The fourth-order valence-electron chi connectivity index (χ4n) is 3.18. The van der Waals surface area contributed by atoms with Crippen LogP contribution in [0.1, 0.15) is 11.0 Å². The number of nitrogens with one attached hydrogen (secondary N) is 2. The molecule has 4 N–H and O–H groups in total. The Morgan fingerprint density at radius 3 is 2.93 bits per heavy atom. The molecular weight excluding hydrogens is 412 g/mol. The van der Waals surface area contributed by atoms with Crippen LogP contribution >= 0.6 is 8.19 Å². The molecule has 1 fully saturated rings. The van der Waals surface area contributed by atoms with Crippen LogP contribution in [0.5, 0.6) is 0 Å². The van der Waals surface area contributed by atoms with E-state index in [4.69, 9.17) is 21.1 Å². The van der Waals surface area contributed by atoms with Gasteiger partial charge in [0, 0.05) is 41.5 Å². The van der Waals surface area contributed by atoms with Gasteiger partial charge in [-0.15, -0.1) is 0 Å². The Kier molecular flexibility index (Phi) is 7.93. The second-order valence-electron chi connectivity index (χ2n) is 6.44. The van der Waals surface area contributed by atoms with Gasteiger partial charge in [0.25, 0.3) is 0 Å². The third-order valence-electron chi connectivity index (χ3n) is 4.70. The normalized spacial score (nSPS) is 19.1. The van der Waals surface area contributed by atoms with Gasteiger partial charge in [0.15, 0.2) is 5.43 Å². The number of benzene rings is 1. The number of aromatic nitrogens is 1. The van der Waals surface area contributed by atoms with Crippen LogP contribution < -0.4 is 62.5 Å². The van der Waals surface area contributed by atoms with Crippen molar-refractivity contribution in [2.75, 3.05) is 32.0 Å². The largest absolute Gasteiger partial charge is 1.00 e. The van der Waals surface area contributed by atoms with E-state index in [9.17, 15) is 0 Å². The van der Waals surface area contributed by atoms with E-state index in [1.807, 2.05) is 24.3 Å². The van der Waals surface area contributed by atoms with Gasteiger partial charge < -0.3 is 26.2 Å². The zero-order valence-electron chi connectivity index (χ0n) is 16.1. The molecule has 10 heteroatoms. The van der Waals surface area contributed by atoms with Crippen molar-refractivity contribution in [2.45, 2.75) is 6.17 Å². The van der Waals surface area contributed by atoms with Crippen LogP contribution in [-0.4, -0.2) is 48.1 Å². The van der Waals surface area contributed by atoms with Gasteiger partial charge >= 0.3 is 51.4 Å². The van der Waals surface area contributed by atoms with Gasteiger partial charge in [0.05, 0.1) is 18.9 Å². The van der Waals surface area contributed by atoms with Gasteiger partial charge in [0.2, 0.25) is 0 Å². The molecule has 0 bridgehead atoms. The van der Waals surface area contributed by atoms with Crippen molar-refractivity contribution in [3.05, 3.63) is 58.7 Å². The average molecular weight is 431 g/mol. The maximum absolute atomic E-state index is 9.09. The first-order valence-electron chi connectivity index (χ1n) is 8.87. The number of nitrogens with zero attached hydrogens (tertiary/aromatic N) is 4. The van der Waals surface area contributed by atoms with Gasteiger partial charge in [0.1, 0.15) is 6.07 Å².